The number of unbranched alkanes of at least 4 members (excludes halogenated alkanes) is 7. The Morgan fingerprint density at radius 1 is 1.10 bits per heavy atom. The molecule has 0 saturated carbocycles. The molecule has 0 amide bonds. The molecule has 1 fully saturated rings. The summed E-state index contributed by atoms with van der Waals surface area (Å²) in [7, 11) is 0. The van der Waals surface area contributed by atoms with Crippen molar-refractivity contribution < 1.29 is 4.52 Å². The van der Waals surface area contributed by atoms with E-state index in [1.54, 1.807) is 0 Å². The molecule has 1 aromatic carbocycles. The number of hydrogen-bond donors (Lipinski definition) is 2. The summed E-state index contributed by atoms with van der Waals surface area (Å²) in [6.45, 7) is 3.77. The normalized spacial score (nSPS) is 16.7. The van der Waals surface area contributed by atoms with Crippen molar-refractivity contribution in [2.24, 2.45) is 5.73 Å². The van der Waals surface area contributed by atoms with Crippen LogP contribution in [-0.4, -0.2) is 34.1 Å². The van der Waals surface area contributed by atoms with Crippen molar-refractivity contribution in [1.29, 1.82) is 5.41 Å². The van der Waals surface area contributed by atoms with Gasteiger partial charge in [0.15, 0.2) is 5.96 Å². The Hall–Kier alpha value is -2.37. The second-order valence-corrected chi connectivity index (χ2v) is 8.55. The number of aryl methyl sites for hydroxylation is 1. The van der Waals surface area contributed by atoms with Crippen LogP contribution >= 0.6 is 0 Å². The van der Waals surface area contributed by atoms with Gasteiger partial charge >= 0.3 is 0 Å². The summed E-state index contributed by atoms with van der Waals surface area (Å²) in [5.41, 5.74) is 8.00. The van der Waals surface area contributed by atoms with E-state index in [2.05, 4.69) is 41.3 Å². The molecule has 0 bridgehead atoms. The highest BCUT2D eigenvalue weighted by Crippen LogP contribution is 2.27. The van der Waals surface area contributed by atoms with Gasteiger partial charge in [0.05, 0.1) is 5.92 Å². The average molecular weight is 412 g/mol. The minimum Gasteiger partial charge on any atom is -0.370 e. The third kappa shape index (κ3) is 6.57. The molecule has 1 unspecified atom stereocenters. The minimum atomic E-state index is 0.117. The lowest BCUT2D eigenvalue weighted by atomic mass is 9.98. The molecule has 3 N–H and O–H groups in total. The Kier molecular flexibility index (Phi) is 8.72. The quantitative estimate of drug-likeness (QED) is 0.290. The van der Waals surface area contributed by atoms with Gasteiger partial charge in [0, 0.05) is 18.7 Å². The van der Waals surface area contributed by atoms with Crippen LogP contribution in [0.4, 0.5) is 0 Å². The fraction of sp³-hybridized carbons (Fsp3) is 0.625. The molecule has 2 aromatic rings. The van der Waals surface area contributed by atoms with E-state index in [0.29, 0.717) is 18.3 Å². The molecule has 0 aliphatic carbocycles. The maximum atomic E-state index is 7.64. The summed E-state index contributed by atoms with van der Waals surface area (Å²) in [6, 6.07) is 8.56. The monoisotopic (exact) mass is 411 g/mol. The van der Waals surface area contributed by atoms with E-state index < -0.39 is 0 Å². The average Bonchev–Trinajstić information content (AvgIpc) is 3.26. The summed E-state index contributed by atoms with van der Waals surface area (Å²) in [6.07, 6.45) is 13.9. The standard InChI is InChI=1S/C24H37N5O/c1-2-3-4-5-6-7-8-9-11-19-13-15-20(16-14-19)22-27-23(30-28-22)21-12-10-17-29(18-21)24(25)26/h13-16,21H,2-12,17-18H2,1H3,(H3,25,26). The van der Waals surface area contributed by atoms with Gasteiger partial charge < -0.3 is 15.2 Å². The van der Waals surface area contributed by atoms with Crippen molar-refractivity contribution >= 4 is 5.96 Å². The maximum absolute atomic E-state index is 7.64. The number of nitrogens with one attached hydrogen (secondary N) is 1. The van der Waals surface area contributed by atoms with Crippen LogP contribution in [0, 0.1) is 5.41 Å². The molecule has 1 aliphatic rings. The van der Waals surface area contributed by atoms with Crippen molar-refractivity contribution in [1.82, 2.24) is 15.0 Å². The lowest BCUT2D eigenvalue weighted by Gasteiger charge is -2.30. The molecule has 2 heterocycles. The van der Waals surface area contributed by atoms with Crippen LogP contribution < -0.4 is 5.73 Å². The van der Waals surface area contributed by atoms with Gasteiger partial charge in [-0.05, 0) is 31.2 Å². The number of likely N-dealkylation sites (tertiary alicyclic amines) is 1. The highest BCUT2D eigenvalue weighted by atomic mass is 16.5. The molecule has 30 heavy (non-hydrogen) atoms. The minimum absolute atomic E-state index is 0.117. The van der Waals surface area contributed by atoms with Gasteiger partial charge in [0.2, 0.25) is 11.7 Å². The summed E-state index contributed by atoms with van der Waals surface area (Å²) < 4.78 is 5.54. The Bertz CT molecular complexity index is 770. The van der Waals surface area contributed by atoms with E-state index in [1.807, 2.05) is 4.90 Å². The van der Waals surface area contributed by atoms with Gasteiger partial charge in [-0.25, -0.2) is 0 Å². The molecule has 164 valence electrons. The number of benzene rings is 1. The van der Waals surface area contributed by atoms with Crippen LogP contribution in [-0.2, 0) is 6.42 Å². The van der Waals surface area contributed by atoms with Crippen molar-refractivity contribution in [3.63, 3.8) is 0 Å². The smallest absolute Gasteiger partial charge is 0.231 e. The van der Waals surface area contributed by atoms with Crippen molar-refractivity contribution in [3.05, 3.63) is 35.7 Å². The van der Waals surface area contributed by atoms with Crippen LogP contribution in [0.2, 0.25) is 0 Å². The van der Waals surface area contributed by atoms with E-state index >= 15 is 0 Å². The lowest BCUT2D eigenvalue weighted by molar-refractivity contribution is 0.257. The summed E-state index contributed by atoms with van der Waals surface area (Å²) >= 11 is 0. The van der Waals surface area contributed by atoms with Gasteiger partial charge in [0.25, 0.3) is 0 Å². The zero-order chi connectivity index (χ0) is 21.2. The third-order valence-corrected chi connectivity index (χ3v) is 6.08. The number of guanidine groups is 1. The molecular formula is C24H37N5O. The van der Waals surface area contributed by atoms with E-state index in [9.17, 15) is 0 Å². The van der Waals surface area contributed by atoms with E-state index in [1.165, 1.54) is 56.9 Å². The van der Waals surface area contributed by atoms with Gasteiger partial charge in [-0.15, -0.1) is 0 Å². The first-order valence-electron chi connectivity index (χ1n) is 11.7. The molecule has 1 aromatic heterocycles. The SMILES string of the molecule is CCCCCCCCCCc1ccc(-c2noc(C3CCCN(C(=N)N)C3)n2)cc1. The molecule has 6 heteroatoms. The fourth-order valence-electron chi connectivity index (χ4n) is 4.20. The van der Waals surface area contributed by atoms with Gasteiger partial charge in [-0.2, -0.15) is 4.98 Å². The Morgan fingerprint density at radius 3 is 2.50 bits per heavy atom. The topological polar surface area (TPSA) is 92.0 Å². The van der Waals surface area contributed by atoms with E-state index in [0.717, 1.165) is 31.4 Å². The van der Waals surface area contributed by atoms with Crippen LogP contribution in [0.25, 0.3) is 11.4 Å². The van der Waals surface area contributed by atoms with Crippen LogP contribution in [0.5, 0.6) is 0 Å². The van der Waals surface area contributed by atoms with E-state index in [4.69, 9.17) is 15.7 Å². The number of nitrogens with zero attached hydrogens (tertiary/aromatic N) is 3. The predicted octanol–water partition coefficient (Wildman–Crippen LogP) is 5.49. The largest absolute Gasteiger partial charge is 0.370 e. The molecule has 1 aliphatic heterocycles. The molecule has 1 saturated heterocycles. The second-order valence-electron chi connectivity index (χ2n) is 8.55. The fourth-order valence-corrected chi connectivity index (χ4v) is 4.20. The number of nitrogens with two attached hydrogens (primary N) is 1. The summed E-state index contributed by atoms with van der Waals surface area (Å²) in [4.78, 5) is 6.50. The highest BCUT2D eigenvalue weighted by molar-refractivity contribution is 5.74. The van der Waals surface area contributed by atoms with Crippen molar-refractivity contribution in [3.8, 4) is 11.4 Å². The van der Waals surface area contributed by atoms with Crippen molar-refractivity contribution in [2.45, 2.75) is 83.5 Å². The number of hydrogen-bond acceptors (Lipinski definition) is 4. The van der Waals surface area contributed by atoms with Crippen molar-refractivity contribution in [2.75, 3.05) is 13.1 Å². The van der Waals surface area contributed by atoms with Gasteiger partial charge in [-0.1, -0.05) is 81.3 Å². The third-order valence-electron chi connectivity index (χ3n) is 6.08. The predicted molar refractivity (Wildman–Crippen MR) is 122 cm³/mol. The van der Waals surface area contributed by atoms with E-state index in [-0.39, 0.29) is 11.9 Å². The van der Waals surface area contributed by atoms with Gasteiger partial charge in [-0.3, -0.25) is 5.41 Å². The molecular weight excluding hydrogens is 374 g/mol. The summed E-state index contributed by atoms with van der Waals surface area (Å²) in [5, 5.41) is 11.8. The first-order valence-corrected chi connectivity index (χ1v) is 11.7. The first kappa shape index (κ1) is 22.3. The highest BCUT2D eigenvalue weighted by Gasteiger charge is 2.26. The Balaban J connectivity index is 1.44. The number of piperidine rings is 1. The van der Waals surface area contributed by atoms with Crippen LogP contribution in [0.3, 0.4) is 0 Å². The second kappa shape index (κ2) is 11.7. The lowest BCUT2D eigenvalue weighted by Crippen LogP contribution is -2.42. The summed E-state index contributed by atoms with van der Waals surface area (Å²) in [5.74, 6) is 1.55. The van der Waals surface area contributed by atoms with Crippen LogP contribution in [0.15, 0.2) is 28.8 Å². The molecule has 6 nitrogen and oxygen atoms in total. The van der Waals surface area contributed by atoms with Gasteiger partial charge in [0.1, 0.15) is 0 Å². The molecule has 3 rings (SSSR count). The Labute approximate surface area is 180 Å². The number of aromatic nitrogens is 2. The Morgan fingerprint density at radius 2 is 1.80 bits per heavy atom. The molecule has 0 spiro atoms. The zero-order valence-corrected chi connectivity index (χ0v) is 18.4. The molecule has 0 radical (unpaired) electrons. The maximum Gasteiger partial charge on any atom is 0.231 e. The van der Waals surface area contributed by atoms with Crippen LogP contribution in [0.1, 0.15) is 88.5 Å². The number of rotatable bonds is 11. The zero-order valence-electron chi connectivity index (χ0n) is 18.4. The molecule has 1 atom stereocenters. The first-order chi connectivity index (χ1) is 14.7.